The Labute approximate surface area is 169 Å². The molecule has 0 aliphatic heterocycles. The van der Waals surface area contributed by atoms with E-state index in [9.17, 15) is 27.2 Å². The fourth-order valence-corrected chi connectivity index (χ4v) is 2.75. The van der Waals surface area contributed by atoms with Crippen LogP contribution in [0.15, 0.2) is 60.7 Å². The zero-order valence-electron chi connectivity index (χ0n) is 15.5. The van der Waals surface area contributed by atoms with Crippen LogP contribution in [0, 0.1) is 23.3 Å². The maximum absolute atomic E-state index is 13.7. The van der Waals surface area contributed by atoms with Gasteiger partial charge in [-0.2, -0.15) is 0 Å². The van der Waals surface area contributed by atoms with Gasteiger partial charge in [0.2, 0.25) is 0 Å². The summed E-state index contributed by atoms with van der Waals surface area (Å²) in [6, 6.07) is 11.9. The molecule has 0 bridgehead atoms. The molecule has 4 nitrogen and oxygen atoms in total. The van der Waals surface area contributed by atoms with Crippen LogP contribution in [-0.4, -0.2) is 11.8 Å². The molecule has 0 heterocycles. The van der Waals surface area contributed by atoms with Crippen LogP contribution in [0.1, 0.15) is 31.8 Å². The molecule has 0 unspecified atom stereocenters. The number of benzene rings is 3. The Hall–Kier alpha value is -3.68. The highest BCUT2D eigenvalue weighted by atomic mass is 19.1. The average Bonchev–Trinajstić information content (AvgIpc) is 2.74. The van der Waals surface area contributed by atoms with Gasteiger partial charge in [0.15, 0.2) is 0 Å². The number of carbonyl (C=O) groups excluding carboxylic acids is 2. The van der Waals surface area contributed by atoms with E-state index in [1.54, 1.807) is 24.3 Å². The standard InChI is InChI=1S/C22H16F4N2O2/c23-15-4-6-19(25)17(9-15)21(29)27-11-13-2-1-3-14(8-13)12-28-22(30)18-10-16(24)5-7-20(18)26/h1-10H,11-12H2,(H,27,29)(H,28,30). The molecule has 0 aliphatic carbocycles. The molecule has 0 aromatic heterocycles. The second-order valence-electron chi connectivity index (χ2n) is 6.43. The number of halogens is 4. The minimum atomic E-state index is -0.838. The Bertz CT molecular complexity index is 1020. The van der Waals surface area contributed by atoms with Gasteiger partial charge in [0.1, 0.15) is 23.3 Å². The third-order valence-corrected chi connectivity index (χ3v) is 4.24. The Morgan fingerprint density at radius 2 is 1.07 bits per heavy atom. The van der Waals surface area contributed by atoms with Gasteiger partial charge in [0, 0.05) is 13.1 Å². The Balaban J connectivity index is 1.61. The summed E-state index contributed by atoms with van der Waals surface area (Å²) in [7, 11) is 0. The largest absolute Gasteiger partial charge is 0.348 e. The molecule has 0 saturated carbocycles. The Morgan fingerprint density at radius 1 is 0.633 bits per heavy atom. The first kappa shape index (κ1) is 21.0. The predicted octanol–water partition coefficient (Wildman–Crippen LogP) is 4.10. The Morgan fingerprint density at radius 3 is 1.50 bits per heavy atom. The number of hydrogen-bond acceptors (Lipinski definition) is 2. The maximum Gasteiger partial charge on any atom is 0.254 e. The molecule has 0 atom stereocenters. The third-order valence-electron chi connectivity index (χ3n) is 4.24. The lowest BCUT2D eigenvalue weighted by molar-refractivity contribution is 0.0938. The zero-order chi connectivity index (χ0) is 21.7. The first-order valence-corrected chi connectivity index (χ1v) is 8.88. The molecule has 0 spiro atoms. The SMILES string of the molecule is O=C(NCc1cccc(CNC(=O)c2cc(F)ccc2F)c1)c1cc(F)ccc1F. The van der Waals surface area contributed by atoms with E-state index in [-0.39, 0.29) is 13.1 Å². The summed E-state index contributed by atoms with van der Waals surface area (Å²) in [6.45, 7) is 0.0736. The van der Waals surface area contributed by atoms with E-state index < -0.39 is 46.2 Å². The second kappa shape index (κ2) is 9.21. The van der Waals surface area contributed by atoms with Gasteiger partial charge in [-0.1, -0.05) is 24.3 Å². The molecule has 8 heteroatoms. The summed E-state index contributed by atoms with van der Waals surface area (Å²) >= 11 is 0. The molecule has 0 fully saturated rings. The van der Waals surface area contributed by atoms with Gasteiger partial charge < -0.3 is 10.6 Å². The van der Waals surface area contributed by atoms with Crippen molar-refractivity contribution in [1.82, 2.24) is 10.6 Å². The highest BCUT2D eigenvalue weighted by Crippen LogP contribution is 2.12. The molecule has 30 heavy (non-hydrogen) atoms. The van der Waals surface area contributed by atoms with Crippen molar-refractivity contribution in [3.8, 4) is 0 Å². The second-order valence-corrected chi connectivity index (χ2v) is 6.43. The first-order valence-electron chi connectivity index (χ1n) is 8.88. The van der Waals surface area contributed by atoms with Gasteiger partial charge in [-0.3, -0.25) is 9.59 Å². The minimum absolute atomic E-state index is 0.0368. The number of nitrogens with one attached hydrogen (secondary N) is 2. The van der Waals surface area contributed by atoms with Gasteiger partial charge in [-0.25, -0.2) is 17.6 Å². The predicted molar refractivity (Wildman–Crippen MR) is 101 cm³/mol. The molecular formula is C22H16F4N2O2. The summed E-state index contributed by atoms with van der Waals surface area (Å²) in [5.41, 5.74) is 0.471. The summed E-state index contributed by atoms with van der Waals surface area (Å²) < 4.78 is 53.8. The maximum atomic E-state index is 13.7. The van der Waals surface area contributed by atoms with Crippen molar-refractivity contribution in [2.45, 2.75) is 13.1 Å². The van der Waals surface area contributed by atoms with Gasteiger partial charge >= 0.3 is 0 Å². The van der Waals surface area contributed by atoms with Crippen LogP contribution in [-0.2, 0) is 13.1 Å². The fourth-order valence-electron chi connectivity index (χ4n) is 2.75. The lowest BCUT2D eigenvalue weighted by Gasteiger charge is -2.10. The number of rotatable bonds is 6. The monoisotopic (exact) mass is 416 g/mol. The minimum Gasteiger partial charge on any atom is -0.348 e. The molecule has 0 saturated heterocycles. The fraction of sp³-hybridized carbons (Fsp3) is 0.0909. The van der Waals surface area contributed by atoms with E-state index >= 15 is 0 Å². The Kier molecular flexibility index (Phi) is 6.46. The molecular weight excluding hydrogens is 400 g/mol. The van der Waals surface area contributed by atoms with Crippen molar-refractivity contribution in [2.75, 3.05) is 0 Å². The molecule has 3 rings (SSSR count). The molecule has 0 radical (unpaired) electrons. The summed E-state index contributed by atoms with van der Waals surface area (Å²) in [5.74, 6) is -4.67. The van der Waals surface area contributed by atoms with Gasteiger partial charge in [0.05, 0.1) is 11.1 Å². The normalized spacial score (nSPS) is 10.5. The summed E-state index contributed by atoms with van der Waals surface area (Å²) in [4.78, 5) is 24.1. The van der Waals surface area contributed by atoms with Gasteiger partial charge in [-0.15, -0.1) is 0 Å². The van der Waals surface area contributed by atoms with Crippen molar-refractivity contribution in [1.29, 1.82) is 0 Å². The number of carbonyl (C=O) groups is 2. The molecule has 3 aromatic rings. The first-order chi connectivity index (χ1) is 14.3. The van der Waals surface area contributed by atoms with Crippen LogP contribution in [0.4, 0.5) is 17.6 Å². The lowest BCUT2D eigenvalue weighted by atomic mass is 10.1. The van der Waals surface area contributed by atoms with Crippen LogP contribution < -0.4 is 10.6 Å². The van der Waals surface area contributed by atoms with Crippen LogP contribution in [0.3, 0.4) is 0 Å². The average molecular weight is 416 g/mol. The van der Waals surface area contributed by atoms with Gasteiger partial charge in [-0.05, 0) is 47.5 Å². The smallest absolute Gasteiger partial charge is 0.254 e. The molecule has 0 aliphatic rings. The van der Waals surface area contributed by atoms with Crippen molar-refractivity contribution >= 4 is 11.8 Å². The summed E-state index contributed by atoms with van der Waals surface area (Å²) in [5, 5.41) is 4.98. The van der Waals surface area contributed by atoms with Crippen LogP contribution in [0.2, 0.25) is 0 Å². The quantitative estimate of drug-likeness (QED) is 0.595. The van der Waals surface area contributed by atoms with E-state index in [4.69, 9.17) is 0 Å². The van der Waals surface area contributed by atoms with Crippen molar-refractivity contribution < 1.29 is 27.2 Å². The molecule has 2 amide bonds. The van der Waals surface area contributed by atoms with Gasteiger partial charge in [0.25, 0.3) is 11.8 Å². The van der Waals surface area contributed by atoms with E-state index in [1.165, 1.54) is 0 Å². The highest BCUT2D eigenvalue weighted by molar-refractivity contribution is 5.95. The zero-order valence-corrected chi connectivity index (χ0v) is 15.5. The van der Waals surface area contributed by atoms with E-state index in [0.717, 1.165) is 36.4 Å². The highest BCUT2D eigenvalue weighted by Gasteiger charge is 2.14. The number of amides is 2. The van der Waals surface area contributed by atoms with Crippen molar-refractivity contribution in [3.63, 3.8) is 0 Å². The van der Waals surface area contributed by atoms with Crippen LogP contribution >= 0.6 is 0 Å². The topological polar surface area (TPSA) is 58.2 Å². The van der Waals surface area contributed by atoms with E-state index in [2.05, 4.69) is 10.6 Å². The molecule has 154 valence electrons. The van der Waals surface area contributed by atoms with E-state index in [0.29, 0.717) is 11.1 Å². The summed E-state index contributed by atoms with van der Waals surface area (Å²) in [6.07, 6.45) is 0. The third kappa shape index (κ3) is 5.22. The molecule has 3 aromatic carbocycles. The van der Waals surface area contributed by atoms with Crippen molar-refractivity contribution in [3.05, 3.63) is 106 Å². The van der Waals surface area contributed by atoms with Crippen molar-refractivity contribution in [2.24, 2.45) is 0 Å². The van der Waals surface area contributed by atoms with Crippen LogP contribution in [0.25, 0.3) is 0 Å². The molecule has 2 N–H and O–H groups in total. The van der Waals surface area contributed by atoms with Crippen LogP contribution in [0.5, 0.6) is 0 Å². The number of hydrogen-bond donors (Lipinski definition) is 2. The van der Waals surface area contributed by atoms with E-state index in [1.807, 2.05) is 0 Å². The lowest BCUT2D eigenvalue weighted by Crippen LogP contribution is -2.25.